The molecule has 0 aliphatic carbocycles. The first-order chi connectivity index (χ1) is 14.8. The summed E-state index contributed by atoms with van der Waals surface area (Å²) in [6.07, 6.45) is 0. The average Bonchev–Trinajstić information content (AvgIpc) is 2.78. The number of nitrogens with zero attached hydrogens (tertiary/aromatic N) is 1. The fourth-order valence-electron chi connectivity index (χ4n) is 3.47. The molecule has 0 bridgehead atoms. The molecule has 156 valence electrons. The molecule has 0 heterocycles. The lowest BCUT2D eigenvalue weighted by Crippen LogP contribution is -2.20. The van der Waals surface area contributed by atoms with Gasteiger partial charge >= 0.3 is 0 Å². The predicted octanol–water partition coefficient (Wildman–Crippen LogP) is 5.10. The molecule has 0 fully saturated rings. The Bertz CT molecular complexity index is 1390. The van der Waals surface area contributed by atoms with Crippen LogP contribution in [-0.4, -0.2) is 14.1 Å². The Hall–Kier alpha value is -3.64. The number of hydrogen-bond acceptors (Lipinski definition) is 4. The number of fused-ring (bicyclic) bond motifs is 1. The summed E-state index contributed by atoms with van der Waals surface area (Å²) in [5.74, 6) is 0. The number of aryl methyl sites for hydroxylation is 1. The molecule has 0 aliphatic rings. The minimum atomic E-state index is -3.76. The molecule has 0 unspecified atom stereocenters. The largest absolute Gasteiger partial charge is 0.398 e. The summed E-state index contributed by atoms with van der Waals surface area (Å²) in [5, 5.41) is 6.40. The van der Waals surface area contributed by atoms with Gasteiger partial charge in [-0.1, -0.05) is 66.2 Å². The quantitative estimate of drug-likeness (QED) is 0.263. The zero-order chi connectivity index (χ0) is 22.0. The highest BCUT2D eigenvalue weighted by molar-refractivity contribution is 7.89. The zero-order valence-corrected chi connectivity index (χ0v) is 18.1. The van der Waals surface area contributed by atoms with Gasteiger partial charge in [0.05, 0.1) is 10.6 Å². The number of benzene rings is 4. The summed E-state index contributed by atoms with van der Waals surface area (Å²) in [7, 11) is -3.76. The van der Waals surface area contributed by atoms with Crippen molar-refractivity contribution in [3.8, 4) is 11.1 Å². The van der Waals surface area contributed by atoms with E-state index in [4.69, 9.17) is 5.73 Å². The molecule has 4 rings (SSSR count). The highest BCUT2D eigenvalue weighted by Gasteiger charge is 2.14. The maximum absolute atomic E-state index is 12.5. The van der Waals surface area contributed by atoms with E-state index in [0.29, 0.717) is 17.0 Å². The fourth-order valence-corrected chi connectivity index (χ4v) is 4.33. The minimum absolute atomic E-state index is 0.159. The van der Waals surface area contributed by atoms with Crippen LogP contribution in [0.15, 0.2) is 94.9 Å². The normalized spacial score (nSPS) is 12.1. The molecular formula is C25H23N3O2S. The van der Waals surface area contributed by atoms with Crippen LogP contribution in [0.4, 0.5) is 5.69 Å². The number of nitrogens with two attached hydrogens (primary N) is 1. The summed E-state index contributed by atoms with van der Waals surface area (Å²) in [6.45, 7) is 3.63. The van der Waals surface area contributed by atoms with E-state index in [-0.39, 0.29) is 4.90 Å². The van der Waals surface area contributed by atoms with Crippen LogP contribution in [0.1, 0.15) is 18.1 Å². The Labute approximate surface area is 182 Å². The fraction of sp³-hybridized carbons (Fsp3) is 0.0800. The summed E-state index contributed by atoms with van der Waals surface area (Å²) in [6, 6.07) is 26.7. The zero-order valence-electron chi connectivity index (χ0n) is 17.3. The van der Waals surface area contributed by atoms with Gasteiger partial charge in [0.25, 0.3) is 10.0 Å². The second kappa shape index (κ2) is 8.24. The van der Waals surface area contributed by atoms with Gasteiger partial charge < -0.3 is 5.73 Å². The molecule has 3 N–H and O–H groups in total. The van der Waals surface area contributed by atoms with Crippen LogP contribution in [0.3, 0.4) is 0 Å². The molecule has 0 saturated heterocycles. The standard InChI is InChI=1S/C25H23N3O2S/c1-17-10-13-21(14-11-17)31(29,30)28-27-18(2)24-16-20(12-15-25(24)26)23-9-5-7-19-6-3-4-8-22(19)23/h3-16,28H,26H2,1-2H3. The van der Waals surface area contributed by atoms with E-state index in [2.05, 4.69) is 34.2 Å². The number of rotatable bonds is 5. The van der Waals surface area contributed by atoms with Crippen molar-refractivity contribution in [1.29, 1.82) is 0 Å². The van der Waals surface area contributed by atoms with Crippen molar-refractivity contribution in [2.45, 2.75) is 18.7 Å². The number of nitrogens with one attached hydrogen (secondary N) is 1. The SMILES string of the molecule is CC(=NNS(=O)(=O)c1ccc(C)cc1)c1cc(-c2cccc3ccccc23)ccc1N. The van der Waals surface area contributed by atoms with Crippen molar-refractivity contribution in [3.63, 3.8) is 0 Å². The molecule has 31 heavy (non-hydrogen) atoms. The molecule has 6 heteroatoms. The van der Waals surface area contributed by atoms with Crippen LogP contribution >= 0.6 is 0 Å². The molecule has 5 nitrogen and oxygen atoms in total. The summed E-state index contributed by atoms with van der Waals surface area (Å²) < 4.78 is 25.1. The number of hydrogen-bond donors (Lipinski definition) is 2. The lowest BCUT2D eigenvalue weighted by Gasteiger charge is -2.12. The third-order valence-corrected chi connectivity index (χ3v) is 6.43. The highest BCUT2D eigenvalue weighted by Crippen LogP contribution is 2.30. The lowest BCUT2D eigenvalue weighted by molar-refractivity contribution is 0.584. The molecule has 4 aromatic carbocycles. The Kier molecular flexibility index (Phi) is 5.48. The first-order valence-corrected chi connectivity index (χ1v) is 11.3. The van der Waals surface area contributed by atoms with Crippen LogP contribution in [0.5, 0.6) is 0 Å². The van der Waals surface area contributed by atoms with Crippen LogP contribution in [0.25, 0.3) is 21.9 Å². The van der Waals surface area contributed by atoms with Crippen molar-refractivity contribution < 1.29 is 8.42 Å². The summed E-state index contributed by atoms with van der Waals surface area (Å²) in [4.78, 5) is 2.47. The Morgan fingerprint density at radius 3 is 2.39 bits per heavy atom. The maximum atomic E-state index is 12.5. The average molecular weight is 430 g/mol. The van der Waals surface area contributed by atoms with E-state index >= 15 is 0 Å². The second-order valence-corrected chi connectivity index (χ2v) is 9.09. The monoisotopic (exact) mass is 429 g/mol. The Morgan fingerprint density at radius 2 is 1.61 bits per heavy atom. The van der Waals surface area contributed by atoms with Crippen LogP contribution in [0.2, 0.25) is 0 Å². The Morgan fingerprint density at radius 1 is 0.903 bits per heavy atom. The van der Waals surface area contributed by atoms with E-state index < -0.39 is 10.0 Å². The molecular weight excluding hydrogens is 406 g/mol. The third kappa shape index (κ3) is 4.29. The maximum Gasteiger partial charge on any atom is 0.276 e. The van der Waals surface area contributed by atoms with E-state index in [1.165, 1.54) is 0 Å². The van der Waals surface area contributed by atoms with Gasteiger partial charge in [0, 0.05) is 11.3 Å². The molecule has 0 spiro atoms. The molecule has 0 atom stereocenters. The van der Waals surface area contributed by atoms with Gasteiger partial charge in [-0.3, -0.25) is 0 Å². The van der Waals surface area contributed by atoms with E-state index in [9.17, 15) is 8.42 Å². The topological polar surface area (TPSA) is 84.5 Å². The molecule has 0 amide bonds. The van der Waals surface area contributed by atoms with Crippen molar-refractivity contribution in [2.75, 3.05) is 5.73 Å². The van der Waals surface area contributed by atoms with Crippen LogP contribution < -0.4 is 10.6 Å². The Balaban J connectivity index is 1.69. The molecule has 0 aliphatic heterocycles. The van der Waals surface area contributed by atoms with Gasteiger partial charge in [-0.2, -0.15) is 18.4 Å². The number of nitrogen functional groups attached to an aromatic ring is 1. The van der Waals surface area contributed by atoms with E-state index in [0.717, 1.165) is 27.5 Å². The molecule has 4 aromatic rings. The van der Waals surface area contributed by atoms with Crippen molar-refractivity contribution in [2.24, 2.45) is 5.10 Å². The first-order valence-electron chi connectivity index (χ1n) is 9.86. The second-order valence-electron chi connectivity index (χ2n) is 7.43. The predicted molar refractivity (Wildman–Crippen MR) is 128 cm³/mol. The van der Waals surface area contributed by atoms with Gasteiger partial charge in [0.15, 0.2) is 0 Å². The number of hydrazone groups is 1. The van der Waals surface area contributed by atoms with Crippen molar-refractivity contribution in [3.05, 3.63) is 96.1 Å². The van der Waals surface area contributed by atoms with Crippen molar-refractivity contribution in [1.82, 2.24) is 4.83 Å². The van der Waals surface area contributed by atoms with Crippen LogP contribution in [0, 0.1) is 6.92 Å². The van der Waals surface area contributed by atoms with Gasteiger partial charge in [-0.05, 0) is 60.0 Å². The van der Waals surface area contributed by atoms with Gasteiger partial charge in [0.2, 0.25) is 0 Å². The molecule has 0 radical (unpaired) electrons. The highest BCUT2D eigenvalue weighted by atomic mass is 32.2. The summed E-state index contributed by atoms with van der Waals surface area (Å²) >= 11 is 0. The van der Waals surface area contributed by atoms with E-state index in [1.54, 1.807) is 31.2 Å². The van der Waals surface area contributed by atoms with E-state index in [1.807, 2.05) is 43.3 Å². The first kappa shape index (κ1) is 20.6. The minimum Gasteiger partial charge on any atom is -0.398 e. The molecule has 0 aromatic heterocycles. The van der Waals surface area contributed by atoms with Gasteiger partial charge in [-0.25, -0.2) is 0 Å². The lowest BCUT2D eigenvalue weighted by atomic mass is 9.95. The third-order valence-electron chi connectivity index (χ3n) is 5.21. The molecule has 0 saturated carbocycles. The number of sulfonamides is 1. The van der Waals surface area contributed by atoms with Crippen molar-refractivity contribution >= 4 is 32.2 Å². The summed E-state index contributed by atoms with van der Waals surface area (Å²) in [5.41, 5.74) is 10.9. The van der Waals surface area contributed by atoms with Gasteiger partial charge in [0.1, 0.15) is 0 Å². The smallest absolute Gasteiger partial charge is 0.276 e. The van der Waals surface area contributed by atoms with Gasteiger partial charge in [-0.15, -0.1) is 0 Å². The number of anilines is 1. The van der Waals surface area contributed by atoms with Crippen LogP contribution in [-0.2, 0) is 10.0 Å².